The van der Waals surface area contributed by atoms with E-state index in [1.165, 1.54) is 0 Å². The molecule has 0 spiro atoms. The van der Waals surface area contributed by atoms with Crippen molar-refractivity contribution < 1.29 is 4.79 Å². The van der Waals surface area contributed by atoms with Gasteiger partial charge in [0.25, 0.3) is 0 Å². The first-order chi connectivity index (χ1) is 9.54. The van der Waals surface area contributed by atoms with Gasteiger partial charge < -0.3 is 15.1 Å². The summed E-state index contributed by atoms with van der Waals surface area (Å²) in [5.74, 6) is 0.303. The van der Waals surface area contributed by atoms with E-state index >= 15 is 0 Å². The molecule has 0 rings (SSSR count). The Bertz CT molecular complexity index is 240. The lowest BCUT2D eigenvalue weighted by Gasteiger charge is -2.23. The molecule has 0 aromatic carbocycles. The van der Waals surface area contributed by atoms with Crippen LogP contribution in [-0.4, -0.2) is 61.0 Å². The first kappa shape index (κ1) is 19.4. The summed E-state index contributed by atoms with van der Waals surface area (Å²) >= 11 is 0. The van der Waals surface area contributed by atoms with Crippen LogP contribution in [0.15, 0.2) is 0 Å². The molecule has 4 heteroatoms. The van der Waals surface area contributed by atoms with Gasteiger partial charge in [-0.2, -0.15) is 0 Å². The predicted octanol–water partition coefficient (Wildman–Crippen LogP) is 2.34. The van der Waals surface area contributed by atoms with Gasteiger partial charge in [0.15, 0.2) is 0 Å². The quantitative estimate of drug-likeness (QED) is 0.559. The third-order valence-electron chi connectivity index (χ3n) is 3.65. The van der Waals surface area contributed by atoms with Gasteiger partial charge in [-0.05, 0) is 45.9 Å². The predicted molar refractivity (Wildman–Crippen MR) is 87.0 cm³/mol. The fraction of sp³-hybridized carbons (Fsp3) is 0.938. The molecule has 0 radical (unpaired) electrons. The van der Waals surface area contributed by atoms with Gasteiger partial charge in [-0.15, -0.1) is 0 Å². The van der Waals surface area contributed by atoms with Crippen LogP contribution in [0.25, 0.3) is 0 Å². The second-order valence-electron chi connectivity index (χ2n) is 5.57. The maximum atomic E-state index is 12.1. The van der Waals surface area contributed by atoms with Gasteiger partial charge in [-0.25, -0.2) is 0 Å². The highest BCUT2D eigenvalue weighted by atomic mass is 16.2. The maximum Gasteiger partial charge on any atom is 0.222 e. The molecule has 0 fully saturated rings. The molecule has 0 aliphatic heterocycles. The number of carbonyl (C=O) groups is 1. The first-order valence-corrected chi connectivity index (χ1v) is 8.28. The number of nitrogens with zero attached hydrogens (tertiary/aromatic N) is 2. The highest BCUT2D eigenvalue weighted by molar-refractivity contribution is 5.76. The molecular weight excluding hydrogens is 250 g/mol. The standard InChI is InChI=1S/C16H35N3O/c1-6-18(7-2)13-10-14-19(8-3)16(20)11-9-12-17-15(4)5/h15,17H,6-14H2,1-5H3. The van der Waals surface area contributed by atoms with Crippen molar-refractivity contribution in [2.24, 2.45) is 0 Å². The molecule has 120 valence electrons. The fourth-order valence-electron chi connectivity index (χ4n) is 2.27. The van der Waals surface area contributed by atoms with Crippen molar-refractivity contribution in [1.82, 2.24) is 15.1 Å². The van der Waals surface area contributed by atoms with E-state index in [0.717, 1.165) is 52.1 Å². The van der Waals surface area contributed by atoms with Crippen molar-refractivity contribution in [3.05, 3.63) is 0 Å². The van der Waals surface area contributed by atoms with Crippen molar-refractivity contribution in [3.63, 3.8) is 0 Å². The minimum Gasteiger partial charge on any atom is -0.343 e. The van der Waals surface area contributed by atoms with Gasteiger partial charge in [-0.3, -0.25) is 4.79 Å². The van der Waals surface area contributed by atoms with Gasteiger partial charge in [0.05, 0.1) is 0 Å². The molecule has 0 unspecified atom stereocenters. The number of rotatable bonds is 12. The molecular formula is C16H35N3O. The molecule has 0 aliphatic rings. The van der Waals surface area contributed by atoms with Crippen LogP contribution in [0.2, 0.25) is 0 Å². The van der Waals surface area contributed by atoms with Crippen molar-refractivity contribution >= 4 is 5.91 Å². The second kappa shape index (κ2) is 12.2. The largest absolute Gasteiger partial charge is 0.343 e. The first-order valence-electron chi connectivity index (χ1n) is 8.28. The Hall–Kier alpha value is -0.610. The normalized spacial score (nSPS) is 11.3. The third kappa shape index (κ3) is 9.32. The Balaban J connectivity index is 3.85. The van der Waals surface area contributed by atoms with E-state index in [0.29, 0.717) is 18.4 Å². The zero-order chi connectivity index (χ0) is 15.4. The molecule has 0 bridgehead atoms. The van der Waals surface area contributed by atoms with Crippen LogP contribution in [0.1, 0.15) is 53.9 Å². The molecule has 0 saturated heterocycles. The van der Waals surface area contributed by atoms with Crippen LogP contribution >= 0.6 is 0 Å². The van der Waals surface area contributed by atoms with Crippen molar-refractivity contribution in [2.45, 2.75) is 59.9 Å². The minimum absolute atomic E-state index is 0.303. The molecule has 0 aliphatic carbocycles. The van der Waals surface area contributed by atoms with Crippen LogP contribution in [0.3, 0.4) is 0 Å². The zero-order valence-electron chi connectivity index (χ0n) is 14.2. The summed E-state index contributed by atoms with van der Waals surface area (Å²) in [6.45, 7) is 16.6. The van der Waals surface area contributed by atoms with Crippen LogP contribution in [0.5, 0.6) is 0 Å². The molecule has 0 aromatic rings. The maximum absolute atomic E-state index is 12.1. The topological polar surface area (TPSA) is 35.6 Å². The summed E-state index contributed by atoms with van der Waals surface area (Å²) in [7, 11) is 0. The Kier molecular flexibility index (Phi) is 11.8. The number of hydrogen-bond acceptors (Lipinski definition) is 3. The van der Waals surface area contributed by atoms with Gasteiger partial charge in [-0.1, -0.05) is 27.7 Å². The molecule has 4 nitrogen and oxygen atoms in total. The summed E-state index contributed by atoms with van der Waals surface area (Å²) in [4.78, 5) is 16.5. The summed E-state index contributed by atoms with van der Waals surface area (Å²) in [6, 6.07) is 0.501. The summed E-state index contributed by atoms with van der Waals surface area (Å²) < 4.78 is 0. The summed E-state index contributed by atoms with van der Waals surface area (Å²) in [5.41, 5.74) is 0. The highest BCUT2D eigenvalue weighted by Crippen LogP contribution is 2.01. The Morgan fingerprint density at radius 1 is 1.00 bits per heavy atom. The monoisotopic (exact) mass is 285 g/mol. The molecule has 0 atom stereocenters. The Labute approximate surface area is 125 Å². The van der Waals surface area contributed by atoms with Crippen LogP contribution in [0, 0.1) is 0 Å². The molecule has 1 N–H and O–H groups in total. The number of hydrogen-bond donors (Lipinski definition) is 1. The van der Waals surface area contributed by atoms with Gasteiger partial charge in [0.2, 0.25) is 5.91 Å². The van der Waals surface area contributed by atoms with E-state index in [9.17, 15) is 4.79 Å². The fourth-order valence-corrected chi connectivity index (χ4v) is 2.27. The Morgan fingerprint density at radius 3 is 2.15 bits per heavy atom. The van der Waals surface area contributed by atoms with E-state index in [2.05, 4.69) is 44.8 Å². The molecule has 1 amide bonds. The second-order valence-corrected chi connectivity index (χ2v) is 5.57. The summed E-state index contributed by atoms with van der Waals surface area (Å²) in [6.07, 6.45) is 2.67. The van der Waals surface area contributed by atoms with Gasteiger partial charge in [0, 0.05) is 25.6 Å². The smallest absolute Gasteiger partial charge is 0.222 e. The average Bonchev–Trinajstić information content (AvgIpc) is 2.43. The molecule has 20 heavy (non-hydrogen) atoms. The van der Waals surface area contributed by atoms with Crippen LogP contribution in [0.4, 0.5) is 0 Å². The SMILES string of the molecule is CCN(CC)CCCN(CC)C(=O)CCCNC(C)C. The average molecular weight is 285 g/mol. The van der Waals surface area contributed by atoms with E-state index in [4.69, 9.17) is 0 Å². The lowest BCUT2D eigenvalue weighted by atomic mass is 10.2. The number of amides is 1. The highest BCUT2D eigenvalue weighted by Gasteiger charge is 2.11. The zero-order valence-corrected chi connectivity index (χ0v) is 14.2. The van der Waals surface area contributed by atoms with Crippen molar-refractivity contribution in [1.29, 1.82) is 0 Å². The van der Waals surface area contributed by atoms with Crippen LogP contribution < -0.4 is 5.32 Å². The molecule has 0 heterocycles. The summed E-state index contributed by atoms with van der Waals surface area (Å²) in [5, 5.41) is 3.35. The molecule has 0 saturated carbocycles. The van der Waals surface area contributed by atoms with E-state index < -0.39 is 0 Å². The Morgan fingerprint density at radius 2 is 1.65 bits per heavy atom. The third-order valence-corrected chi connectivity index (χ3v) is 3.65. The van der Waals surface area contributed by atoms with Crippen LogP contribution in [-0.2, 0) is 4.79 Å². The lowest BCUT2D eigenvalue weighted by molar-refractivity contribution is -0.131. The minimum atomic E-state index is 0.303. The van der Waals surface area contributed by atoms with E-state index in [1.54, 1.807) is 0 Å². The van der Waals surface area contributed by atoms with E-state index in [-0.39, 0.29) is 0 Å². The number of carbonyl (C=O) groups excluding carboxylic acids is 1. The molecule has 0 aromatic heterocycles. The van der Waals surface area contributed by atoms with Crippen molar-refractivity contribution in [3.8, 4) is 0 Å². The van der Waals surface area contributed by atoms with E-state index in [1.807, 2.05) is 4.90 Å². The van der Waals surface area contributed by atoms with Gasteiger partial charge >= 0.3 is 0 Å². The lowest BCUT2D eigenvalue weighted by Crippen LogP contribution is -2.34. The van der Waals surface area contributed by atoms with Crippen molar-refractivity contribution in [2.75, 3.05) is 39.3 Å². The number of nitrogens with one attached hydrogen (secondary N) is 1. The van der Waals surface area contributed by atoms with Gasteiger partial charge in [0.1, 0.15) is 0 Å².